The van der Waals surface area contributed by atoms with E-state index in [9.17, 15) is 0 Å². The zero-order valence-corrected chi connectivity index (χ0v) is 9.61. The third-order valence-corrected chi connectivity index (χ3v) is 2.37. The maximum atomic E-state index is 5.73. The lowest BCUT2D eigenvalue weighted by atomic mass is 10.3. The van der Waals surface area contributed by atoms with E-state index in [-0.39, 0.29) is 0 Å². The smallest absolute Gasteiger partial charge is 0.219 e. The van der Waals surface area contributed by atoms with Gasteiger partial charge in [0.25, 0.3) is 0 Å². The zero-order chi connectivity index (χ0) is 11.4. The molecular weight excluding hydrogens is 224 g/mol. The molecule has 2 heterocycles. The lowest BCUT2D eigenvalue weighted by molar-refractivity contribution is 0.460. The van der Waals surface area contributed by atoms with Gasteiger partial charge in [-0.2, -0.15) is 0 Å². The largest absolute Gasteiger partial charge is 0.437 e. The number of halogens is 1. The first kappa shape index (κ1) is 10.9. The number of hydrogen-bond donors (Lipinski definition) is 0. The molecule has 82 valence electrons. The van der Waals surface area contributed by atoms with Crippen LogP contribution in [0.25, 0.3) is 0 Å². The second-order valence-corrected chi connectivity index (χ2v) is 3.64. The van der Waals surface area contributed by atoms with E-state index < -0.39 is 0 Å². The zero-order valence-electron chi connectivity index (χ0n) is 8.85. The van der Waals surface area contributed by atoms with Crippen molar-refractivity contribution in [1.29, 1.82) is 0 Å². The SMILES string of the molecule is Cc1ccc(Oc2cc(CCl)ccn2)cn1. The van der Waals surface area contributed by atoms with Crippen molar-refractivity contribution < 1.29 is 4.74 Å². The first-order valence-corrected chi connectivity index (χ1v) is 5.43. The summed E-state index contributed by atoms with van der Waals surface area (Å²) in [5, 5.41) is 0. The Morgan fingerprint density at radius 1 is 1.25 bits per heavy atom. The molecule has 0 N–H and O–H groups in total. The van der Waals surface area contributed by atoms with Gasteiger partial charge in [0.15, 0.2) is 0 Å². The molecular formula is C12H11ClN2O. The average Bonchev–Trinajstić information content (AvgIpc) is 2.32. The van der Waals surface area contributed by atoms with Crippen LogP contribution in [0.4, 0.5) is 0 Å². The Labute approximate surface area is 99.1 Å². The average molecular weight is 235 g/mol. The Kier molecular flexibility index (Phi) is 3.37. The minimum atomic E-state index is 0.449. The van der Waals surface area contributed by atoms with E-state index >= 15 is 0 Å². The number of rotatable bonds is 3. The molecule has 0 aromatic carbocycles. The number of ether oxygens (including phenoxy) is 1. The van der Waals surface area contributed by atoms with Gasteiger partial charge in [-0.3, -0.25) is 4.98 Å². The molecule has 0 atom stereocenters. The van der Waals surface area contributed by atoms with Crippen molar-refractivity contribution in [2.45, 2.75) is 12.8 Å². The van der Waals surface area contributed by atoms with Gasteiger partial charge >= 0.3 is 0 Å². The van der Waals surface area contributed by atoms with E-state index in [4.69, 9.17) is 16.3 Å². The maximum absolute atomic E-state index is 5.73. The lowest BCUT2D eigenvalue weighted by Crippen LogP contribution is -1.90. The summed E-state index contributed by atoms with van der Waals surface area (Å²) >= 11 is 5.73. The predicted molar refractivity (Wildman–Crippen MR) is 62.8 cm³/mol. The van der Waals surface area contributed by atoms with Crippen LogP contribution in [0.1, 0.15) is 11.3 Å². The summed E-state index contributed by atoms with van der Waals surface area (Å²) < 4.78 is 5.54. The highest BCUT2D eigenvalue weighted by Crippen LogP contribution is 2.19. The summed E-state index contributed by atoms with van der Waals surface area (Å²) in [5.74, 6) is 1.65. The third-order valence-electron chi connectivity index (χ3n) is 2.06. The van der Waals surface area contributed by atoms with Gasteiger partial charge < -0.3 is 4.74 Å². The molecule has 0 aliphatic carbocycles. The van der Waals surface area contributed by atoms with Crippen molar-refractivity contribution in [3.63, 3.8) is 0 Å². The van der Waals surface area contributed by atoms with Crippen LogP contribution in [0.5, 0.6) is 11.6 Å². The highest BCUT2D eigenvalue weighted by molar-refractivity contribution is 6.17. The Hall–Kier alpha value is -1.61. The Morgan fingerprint density at radius 2 is 2.12 bits per heavy atom. The number of alkyl halides is 1. The van der Waals surface area contributed by atoms with Crippen molar-refractivity contribution in [2.24, 2.45) is 0 Å². The van der Waals surface area contributed by atoms with Gasteiger partial charge in [-0.05, 0) is 30.7 Å². The fraction of sp³-hybridized carbons (Fsp3) is 0.167. The van der Waals surface area contributed by atoms with E-state index in [0.717, 1.165) is 11.3 Å². The summed E-state index contributed by atoms with van der Waals surface area (Å²) in [7, 11) is 0. The number of nitrogens with zero attached hydrogens (tertiary/aromatic N) is 2. The van der Waals surface area contributed by atoms with E-state index in [2.05, 4.69) is 9.97 Å². The van der Waals surface area contributed by atoms with Gasteiger partial charge in [-0.1, -0.05) is 0 Å². The number of pyridine rings is 2. The fourth-order valence-electron chi connectivity index (χ4n) is 1.22. The minimum absolute atomic E-state index is 0.449. The van der Waals surface area contributed by atoms with Crippen LogP contribution in [0.2, 0.25) is 0 Å². The van der Waals surface area contributed by atoms with Crippen molar-refractivity contribution in [3.8, 4) is 11.6 Å². The van der Waals surface area contributed by atoms with Crippen LogP contribution in [-0.2, 0) is 5.88 Å². The van der Waals surface area contributed by atoms with Gasteiger partial charge in [0.1, 0.15) is 5.75 Å². The standard InChI is InChI=1S/C12H11ClN2O/c1-9-2-3-11(8-15-9)16-12-6-10(7-13)4-5-14-12/h2-6,8H,7H2,1H3. The van der Waals surface area contributed by atoms with Crippen molar-refractivity contribution in [2.75, 3.05) is 0 Å². The Bertz CT molecular complexity index is 471. The van der Waals surface area contributed by atoms with Crippen LogP contribution in [0, 0.1) is 6.92 Å². The first-order chi connectivity index (χ1) is 7.78. The maximum Gasteiger partial charge on any atom is 0.219 e. The van der Waals surface area contributed by atoms with Gasteiger partial charge in [0.05, 0.1) is 6.20 Å². The monoisotopic (exact) mass is 234 g/mol. The van der Waals surface area contributed by atoms with E-state index in [0.29, 0.717) is 17.5 Å². The third kappa shape index (κ3) is 2.70. The first-order valence-electron chi connectivity index (χ1n) is 4.89. The van der Waals surface area contributed by atoms with Gasteiger partial charge in [-0.25, -0.2) is 4.98 Å². The summed E-state index contributed by atoms with van der Waals surface area (Å²) in [6.45, 7) is 1.93. The van der Waals surface area contributed by atoms with E-state index in [1.165, 1.54) is 0 Å². The topological polar surface area (TPSA) is 35.0 Å². The minimum Gasteiger partial charge on any atom is -0.437 e. The summed E-state index contributed by atoms with van der Waals surface area (Å²) in [4.78, 5) is 8.24. The van der Waals surface area contributed by atoms with Crippen LogP contribution in [0.15, 0.2) is 36.7 Å². The number of aromatic nitrogens is 2. The lowest BCUT2D eigenvalue weighted by Gasteiger charge is -2.05. The highest BCUT2D eigenvalue weighted by atomic mass is 35.5. The second-order valence-electron chi connectivity index (χ2n) is 3.37. The summed E-state index contributed by atoms with van der Waals surface area (Å²) in [6, 6.07) is 7.41. The Morgan fingerprint density at radius 3 is 2.81 bits per heavy atom. The van der Waals surface area contributed by atoms with Gasteiger partial charge in [-0.15, -0.1) is 11.6 Å². The number of aryl methyl sites for hydroxylation is 1. The second kappa shape index (κ2) is 4.94. The van der Waals surface area contributed by atoms with Crippen molar-refractivity contribution in [1.82, 2.24) is 9.97 Å². The van der Waals surface area contributed by atoms with Gasteiger partial charge in [0.2, 0.25) is 5.88 Å². The predicted octanol–water partition coefficient (Wildman–Crippen LogP) is 3.32. The van der Waals surface area contributed by atoms with Crippen LogP contribution in [0.3, 0.4) is 0 Å². The molecule has 0 aliphatic heterocycles. The molecule has 0 saturated heterocycles. The molecule has 0 amide bonds. The fourth-order valence-corrected chi connectivity index (χ4v) is 1.39. The van der Waals surface area contributed by atoms with Gasteiger partial charge in [0, 0.05) is 23.8 Å². The molecule has 4 heteroatoms. The summed E-state index contributed by atoms with van der Waals surface area (Å²) in [6.07, 6.45) is 3.35. The highest BCUT2D eigenvalue weighted by Gasteiger charge is 2.00. The van der Waals surface area contributed by atoms with Crippen LogP contribution >= 0.6 is 11.6 Å². The molecule has 3 nitrogen and oxygen atoms in total. The molecule has 2 aromatic rings. The molecule has 0 radical (unpaired) electrons. The van der Waals surface area contributed by atoms with Crippen LogP contribution in [-0.4, -0.2) is 9.97 Å². The quantitative estimate of drug-likeness (QED) is 0.765. The Balaban J connectivity index is 2.16. The normalized spacial score (nSPS) is 10.1. The van der Waals surface area contributed by atoms with Crippen molar-refractivity contribution in [3.05, 3.63) is 47.9 Å². The van der Waals surface area contributed by atoms with Crippen LogP contribution < -0.4 is 4.74 Å². The molecule has 16 heavy (non-hydrogen) atoms. The molecule has 0 bridgehead atoms. The molecule has 0 unspecified atom stereocenters. The molecule has 0 spiro atoms. The van der Waals surface area contributed by atoms with Crippen molar-refractivity contribution >= 4 is 11.6 Å². The number of hydrogen-bond acceptors (Lipinski definition) is 3. The molecule has 2 aromatic heterocycles. The summed E-state index contributed by atoms with van der Waals surface area (Å²) in [5.41, 5.74) is 1.93. The van der Waals surface area contributed by atoms with E-state index in [1.807, 2.05) is 31.2 Å². The molecule has 0 aliphatic rings. The molecule has 2 rings (SSSR count). The molecule has 0 saturated carbocycles. The molecule has 0 fully saturated rings. The van der Waals surface area contributed by atoms with E-state index in [1.54, 1.807) is 12.4 Å².